The van der Waals surface area contributed by atoms with Gasteiger partial charge < -0.3 is 9.47 Å². The lowest BCUT2D eigenvalue weighted by Crippen LogP contribution is -2.37. The van der Waals surface area contributed by atoms with E-state index in [0.29, 0.717) is 5.92 Å². The standard InChI is InChI=1S/C22H21N3OS.CH4/c1-24-14-17(16-6-2-4-8-19(16)24)22(26)25-12-10-15(11-13-25)21-23-18-7-3-5-9-20(18)27-21;/h2-9,14-15H,10-13H2,1H3;1H4. The number of aryl methyl sites for hydroxylation is 1. The summed E-state index contributed by atoms with van der Waals surface area (Å²) < 4.78 is 3.29. The second kappa shape index (κ2) is 7.40. The van der Waals surface area contributed by atoms with Crippen LogP contribution in [-0.2, 0) is 7.05 Å². The van der Waals surface area contributed by atoms with E-state index in [-0.39, 0.29) is 13.3 Å². The Morgan fingerprint density at radius 3 is 2.57 bits per heavy atom. The SMILES string of the molecule is C.Cn1cc(C(=O)N2CCC(c3nc4ccccc4s3)CC2)c2ccccc21. The van der Waals surface area contributed by atoms with Crippen molar-refractivity contribution in [2.24, 2.45) is 7.05 Å². The van der Waals surface area contributed by atoms with Gasteiger partial charge in [0.05, 0.1) is 20.8 Å². The molecular formula is C23H25N3OS. The zero-order valence-corrected chi connectivity index (χ0v) is 16.1. The van der Waals surface area contributed by atoms with E-state index in [2.05, 4.69) is 24.3 Å². The summed E-state index contributed by atoms with van der Waals surface area (Å²) in [5, 5.41) is 2.26. The molecule has 2 aromatic carbocycles. The van der Waals surface area contributed by atoms with E-state index in [1.54, 1.807) is 11.3 Å². The number of aromatic nitrogens is 2. The molecule has 4 nitrogen and oxygen atoms in total. The fourth-order valence-electron chi connectivity index (χ4n) is 4.08. The predicted octanol–water partition coefficient (Wildman–Crippen LogP) is 5.44. The van der Waals surface area contributed by atoms with Gasteiger partial charge in [-0.05, 0) is 31.0 Å². The summed E-state index contributed by atoms with van der Waals surface area (Å²) in [7, 11) is 2.00. The Labute approximate surface area is 169 Å². The summed E-state index contributed by atoms with van der Waals surface area (Å²) in [6.45, 7) is 1.59. The molecule has 1 fully saturated rings. The smallest absolute Gasteiger partial charge is 0.256 e. The number of amides is 1. The highest BCUT2D eigenvalue weighted by Gasteiger charge is 2.27. The lowest BCUT2D eigenvalue weighted by atomic mass is 9.97. The second-order valence-electron chi connectivity index (χ2n) is 7.26. The largest absolute Gasteiger partial charge is 0.350 e. The van der Waals surface area contributed by atoms with Crippen LogP contribution in [0.1, 0.15) is 41.6 Å². The van der Waals surface area contributed by atoms with Gasteiger partial charge in [-0.1, -0.05) is 37.8 Å². The predicted molar refractivity (Wildman–Crippen MR) is 117 cm³/mol. The van der Waals surface area contributed by atoms with E-state index in [9.17, 15) is 4.79 Å². The minimum atomic E-state index is 0. The van der Waals surface area contributed by atoms with Crippen molar-refractivity contribution in [1.29, 1.82) is 0 Å². The third-order valence-corrected chi connectivity index (χ3v) is 6.77. The Balaban J connectivity index is 0.00000192. The van der Waals surface area contributed by atoms with Crippen molar-refractivity contribution in [3.05, 3.63) is 65.3 Å². The molecule has 0 unspecified atom stereocenters. The van der Waals surface area contributed by atoms with Gasteiger partial charge >= 0.3 is 0 Å². The van der Waals surface area contributed by atoms with Crippen molar-refractivity contribution in [3.63, 3.8) is 0 Å². The van der Waals surface area contributed by atoms with E-state index in [4.69, 9.17) is 4.98 Å². The van der Waals surface area contributed by atoms with Crippen LogP contribution in [0.4, 0.5) is 0 Å². The highest BCUT2D eigenvalue weighted by atomic mass is 32.1. The number of carbonyl (C=O) groups is 1. The zero-order valence-electron chi connectivity index (χ0n) is 15.3. The molecule has 2 aromatic heterocycles. The quantitative estimate of drug-likeness (QED) is 0.456. The maximum Gasteiger partial charge on any atom is 0.256 e. The van der Waals surface area contributed by atoms with Gasteiger partial charge in [0, 0.05) is 43.2 Å². The van der Waals surface area contributed by atoms with E-state index < -0.39 is 0 Å². The van der Waals surface area contributed by atoms with Crippen molar-refractivity contribution >= 4 is 38.4 Å². The van der Waals surface area contributed by atoms with Crippen LogP contribution < -0.4 is 0 Å². The summed E-state index contributed by atoms with van der Waals surface area (Å²) >= 11 is 1.80. The highest BCUT2D eigenvalue weighted by Crippen LogP contribution is 2.34. The molecule has 0 N–H and O–H groups in total. The van der Waals surface area contributed by atoms with Crippen molar-refractivity contribution in [2.75, 3.05) is 13.1 Å². The topological polar surface area (TPSA) is 38.1 Å². The Morgan fingerprint density at radius 1 is 1.07 bits per heavy atom. The van der Waals surface area contributed by atoms with E-state index in [0.717, 1.165) is 47.9 Å². The number of hydrogen-bond donors (Lipinski definition) is 0. The molecule has 1 aliphatic heterocycles. The first-order chi connectivity index (χ1) is 13.2. The molecule has 5 heteroatoms. The summed E-state index contributed by atoms with van der Waals surface area (Å²) in [6, 6.07) is 16.4. The molecule has 0 bridgehead atoms. The Kier molecular flexibility index (Phi) is 4.94. The fourth-order valence-corrected chi connectivity index (χ4v) is 5.21. The maximum atomic E-state index is 13.1. The molecule has 1 saturated heterocycles. The van der Waals surface area contributed by atoms with Crippen molar-refractivity contribution < 1.29 is 4.79 Å². The van der Waals surface area contributed by atoms with E-state index >= 15 is 0 Å². The first kappa shape index (κ1) is 18.7. The average Bonchev–Trinajstić information content (AvgIpc) is 3.29. The van der Waals surface area contributed by atoms with E-state index in [1.165, 1.54) is 9.71 Å². The number of thiazole rings is 1. The molecule has 28 heavy (non-hydrogen) atoms. The van der Waals surface area contributed by atoms with Crippen LogP contribution in [0.15, 0.2) is 54.7 Å². The van der Waals surface area contributed by atoms with Gasteiger partial charge in [-0.25, -0.2) is 4.98 Å². The molecular weight excluding hydrogens is 366 g/mol. The summed E-state index contributed by atoms with van der Waals surface area (Å²) in [5.74, 6) is 0.605. The molecule has 1 aliphatic rings. The number of likely N-dealkylation sites (tertiary alicyclic amines) is 1. The average molecular weight is 392 g/mol. The minimum absolute atomic E-state index is 0. The Bertz CT molecular complexity index is 1100. The molecule has 144 valence electrons. The van der Waals surface area contributed by atoms with Gasteiger partial charge in [-0.2, -0.15) is 0 Å². The molecule has 0 aliphatic carbocycles. The van der Waals surface area contributed by atoms with Crippen molar-refractivity contribution in [1.82, 2.24) is 14.5 Å². The number of hydrogen-bond acceptors (Lipinski definition) is 3. The number of piperidine rings is 1. The van der Waals surface area contributed by atoms with Crippen LogP contribution in [0.5, 0.6) is 0 Å². The van der Waals surface area contributed by atoms with Gasteiger partial charge in [0.15, 0.2) is 0 Å². The normalized spacial score (nSPS) is 15.1. The van der Waals surface area contributed by atoms with E-state index in [1.807, 2.05) is 47.0 Å². The minimum Gasteiger partial charge on any atom is -0.350 e. The van der Waals surface area contributed by atoms with Crippen LogP contribution in [0.2, 0.25) is 0 Å². The highest BCUT2D eigenvalue weighted by molar-refractivity contribution is 7.18. The van der Waals surface area contributed by atoms with Crippen molar-refractivity contribution in [3.8, 4) is 0 Å². The lowest BCUT2D eigenvalue weighted by molar-refractivity contribution is 0.0715. The first-order valence-electron chi connectivity index (χ1n) is 9.39. The third-order valence-electron chi connectivity index (χ3n) is 5.57. The summed E-state index contributed by atoms with van der Waals surface area (Å²) in [4.78, 5) is 19.9. The molecule has 0 radical (unpaired) electrons. The second-order valence-corrected chi connectivity index (χ2v) is 8.32. The molecule has 1 amide bonds. The van der Waals surface area contributed by atoms with Crippen LogP contribution in [0, 0.1) is 0 Å². The van der Waals surface area contributed by atoms with Crippen LogP contribution >= 0.6 is 11.3 Å². The summed E-state index contributed by atoms with van der Waals surface area (Å²) in [5.41, 5.74) is 3.00. The monoisotopic (exact) mass is 391 g/mol. The number of carbonyl (C=O) groups excluding carboxylic acids is 1. The maximum absolute atomic E-state index is 13.1. The lowest BCUT2D eigenvalue weighted by Gasteiger charge is -2.31. The number of nitrogens with zero attached hydrogens (tertiary/aromatic N) is 3. The number of para-hydroxylation sites is 2. The number of benzene rings is 2. The molecule has 0 saturated carbocycles. The van der Waals surface area contributed by atoms with Crippen LogP contribution in [-0.4, -0.2) is 33.4 Å². The fraction of sp³-hybridized carbons (Fsp3) is 0.304. The van der Waals surface area contributed by atoms with Gasteiger partial charge in [0.2, 0.25) is 0 Å². The van der Waals surface area contributed by atoms with Gasteiger partial charge in [-0.15, -0.1) is 11.3 Å². The number of rotatable bonds is 2. The van der Waals surface area contributed by atoms with Crippen LogP contribution in [0.25, 0.3) is 21.1 Å². The van der Waals surface area contributed by atoms with Crippen LogP contribution in [0.3, 0.4) is 0 Å². The van der Waals surface area contributed by atoms with Crippen molar-refractivity contribution in [2.45, 2.75) is 26.2 Å². The molecule has 0 atom stereocenters. The molecule has 4 aromatic rings. The number of fused-ring (bicyclic) bond motifs is 2. The van der Waals surface area contributed by atoms with Gasteiger partial charge in [0.25, 0.3) is 5.91 Å². The zero-order chi connectivity index (χ0) is 18.4. The third kappa shape index (κ3) is 3.10. The van der Waals surface area contributed by atoms with Gasteiger partial charge in [0.1, 0.15) is 0 Å². The molecule has 3 heterocycles. The Morgan fingerprint density at radius 2 is 1.79 bits per heavy atom. The molecule has 0 spiro atoms. The first-order valence-corrected chi connectivity index (χ1v) is 10.2. The molecule has 5 rings (SSSR count). The summed E-state index contributed by atoms with van der Waals surface area (Å²) in [6.07, 6.45) is 3.93. The Hall–Kier alpha value is -2.66. The van der Waals surface area contributed by atoms with Gasteiger partial charge in [-0.3, -0.25) is 4.79 Å².